The number of non-ortho nitro benzene ring substituents is 1. The van der Waals surface area contributed by atoms with Crippen molar-refractivity contribution in [3.63, 3.8) is 0 Å². The second-order valence-electron chi connectivity index (χ2n) is 7.45. The van der Waals surface area contributed by atoms with Crippen LogP contribution < -0.4 is 5.32 Å². The summed E-state index contributed by atoms with van der Waals surface area (Å²) < 4.78 is 41.2. The fraction of sp³-hybridized carbons (Fsp3) is 0.278. The molecule has 158 valence electrons. The second kappa shape index (κ2) is 7.24. The third kappa shape index (κ3) is 4.20. The van der Waals surface area contributed by atoms with E-state index in [1.807, 2.05) is 0 Å². The van der Waals surface area contributed by atoms with Gasteiger partial charge in [0, 0.05) is 23.6 Å². The quantitative estimate of drug-likeness (QED) is 0.462. The van der Waals surface area contributed by atoms with Gasteiger partial charge >= 0.3 is 6.18 Å². The molecule has 1 N–H and O–H groups in total. The lowest BCUT2D eigenvalue weighted by atomic mass is 9.91. The number of benzene rings is 1. The van der Waals surface area contributed by atoms with Crippen LogP contribution in [0, 0.1) is 10.1 Å². The van der Waals surface area contributed by atoms with Gasteiger partial charge in [0.05, 0.1) is 21.3 Å². The first-order chi connectivity index (χ1) is 13.8. The molecule has 0 saturated heterocycles. The van der Waals surface area contributed by atoms with Crippen molar-refractivity contribution in [3.05, 3.63) is 62.6 Å². The summed E-state index contributed by atoms with van der Waals surface area (Å²) in [6.45, 7) is 5.13. The van der Waals surface area contributed by atoms with E-state index in [0.29, 0.717) is 4.52 Å². The van der Waals surface area contributed by atoms with Crippen molar-refractivity contribution < 1.29 is 22.9 Å². The summed E-state index contributed by atoms with van der Waals surface area (Å²) in [6, 6.07) is 5.39. The number of carbonyl (C=O) groups is 1. The highest BCUT2D eigenvalue weighted by molar-refractivity contribution is 6.34. The number of aromatic nitrogens is 3. The number of fused-ring (bicyclic) bond motifs is 1. The maximum absolute atomic E-state index is 13.5. The highest BCUT2D eigenvalue weighted by atomic mass is 35.5. The van der Waals surface area contributed by atoms with Crippen LogP contribution in [0.15, 0.2) is 30.3 Å². The molecule has 0 atom stereocenters. The van der Waals surface area contributed by atoms with Gasteiger partial charge in [0.25, 0.3) is 11.6 Å². The molecule has 2 heterocycles. The Morgan fingerprint density at radius 1 is 1.20 bits per heavy atom. The van der Waals surface area contributed by atoms with Crippen LogP contribution in [0.3, 0.4) is 0 Å². The molecule has 0 fully saturated rings. The van der Waals surface area contributed by atoms with Crippen LogP contribution in [-0.4, -0.2) is 25.4 Å². The van der Waals surface area contributed by atoms with Gasteiger partial charge in [-0.05, 0) is 12.1 Å². The Kier molecular flexibility index (Phi) is 5.19. The number of hydrogen-bond donors (Lipinski definition) is 1. The van der Waals surface area contributed by atoms with Crippen molar-refractivity contribution >= 4 is 34.5 Å². The number of rotatable bonds is 3. The number of hydrogen-bond acceptors (Lipinski definition) is 5. The number of nitro groups is 1. The van der Waals surface area contributed by atoms with Gasteiger partial charge in [0.2, 0.25) is 0 Å². The first kappa shape index (κ1) is 21.5. The highest BCUT2D eigenvalue weighted by Crippen LogP contribution is 2.33. The minimum Gasteiger partial charge on any atom is -0.319 e. The topological polar surface area (TPSA) is 102 Å². The molecule has 2 aromatic heterocycles. The Hall–Kier alpha value is -3.21. The van der Waals surface area contributed by atoms with Gasteiger partial charge in [-0.15, -0.1) is 0 Å². The number of anilines is 1. The van der Waals surface area contributed by atoms with Gasteiger partial charge < -0.3 is 5.32 Å². The minimum atomic E-state index is -4.73. The normalized spacial score (nSPS) is 12.2. The largest absolute Gasteiger partial charge is 0.433 e. The van der Waals surface area contributed by atoms with Crippen LogP contribution in [0.2, 0.25) is 5.02 Å². The Balaban J connectivity index is 2.06. The standard InChI is InChI=1S/C18H15ClF3N5O3/c1-17(2,3)13-8-14(18(20,21)22)26-15(24-13)7-12(25-26)16(28)23-11-6-9(27(29)30)4-5-10(11)19/h4-8H,1-3H3,(H,23,28). The molecule has 0 radical (unpaired) electrons. The molecule has 0 saturated carbocycles. The summed E-state index contributed by atoms with van der Waals surface area (Å²) in [4.78, 5) is 27.0. The third-order valence-electron chi connectivity index (χ3n) is 4.13. The zero-order chi connectivity index (χ0) is 22.4. The number of halogens is 4. The summed E-state index contributed by atoms with van der Waals surface area (Å²) in [7, 11) is 0. The summed E-state index contributed by atoms with van der Waals surface area (Å²) in [5.41, 5.74) is -2.49. The third-order valence-corrected chi connectivity index (χ3v) is 4.46. The monoisotopic (exact) mass is 441 g/mol. The first-order valence-electron chi connectivity index (χ1n) is 8.51. The summed E-state index contributed by atoms with van der Waals surface area (Å²) in [5, 5.41) is 17.0. The van der Waals surface area contributed by atoms with Gasteiger partial charge in [-0.25, -0.2) is 9.50 Å². The molecule has 30 heavy (non-hydrogen) atoms. The molecule has 0 aliphatic heterocycles. The molecule has 0 spiro atoms. The molecule has 12 heteroatoms. The van der Waals surface area contributed by atoms with E-state index in [9.17, 15) is 28.1 Å². The second-order valence-corrected chi connectivity index (χ2v) is 7.86. The Morgan fingerprint density at radius 3 is 2.43 bits per heavy atom. The maximum Gasteiger partial charge on any atom is 0.433 e. The molecule has 3 aromatic rings. The smallest absolute Gasteiger partial charge is 0.319 e. The fourth-order valence-corrected chi connectivity index (χ4v) is 2.75. The fourth-order valence-electron chi connectivity index (χ4n) is 2.58. The minimum absolute atomic E-state index is 0.0156. The average Bonchev–Trinajstić information content (AvgIpc) is 3.05. The van der Waals surface area contributed by atoms with Gasteiger partial charge in [-0.2, -0.15) is 18.3 Å². The average molecular weight is 442 g/mol. The van der Waals surface area contributed by atoms with Crippen LogP contribution >= 0.6 is 11.6 Å². The number of nitrogens with zero attached hydrogens (tertiary/aromatic N) is 4. The number of amides is 1. The van der Waals surface area contributed by atoms with Crippen LogP contribution in [0.4, 0.5) is 24.5 Å². The van der Waals surface area contributed by atoms with E-state index in [1.54, 1.807) is 20.8 Å². The SMILES string of the molecule is CC(C)(C)c1cc(C(F)(F)F)n2nc(C(=O)Nc3cc([N+](=O)[O-])ccc3Cl)cc2n1. The van der Waals surface area contributed by atoms with Crippen molar-refractivity contribution in [2.75, 3.05) is 5.32 Å². The Bertz CT molecular complexity index is 1170. The number of nitrogens with one attached hydrogen (secondary N) is 1. The molecule has 0 aliphatic rings. The molecule has 8 nitrogen and oxygen atoms in total. The molecular formula is C18H15ClF3N5O3. The zero-order valence-electron chi connectivity index (χ0n) is 15.9. The molecule has 0 aliphatic carbocycles. The van der Waals surface area contributed by atoms with E-state index < -0.39 is 28.1 Å². The van der Waals surface area contributed by atoms with Crippen molar-refractivity contribution in [1.29, 1.82) is 0 Å². The predicted octanol–water partition coefficient (Wildman–Crippen LogP) is 4.86. The van der Waals surface area contributed by atoms with Crippen LogP contribution in [0.5, 0.6) is 0 Å². The lowest BCUT2D eigenvalue weighted by molar-refractivity contribution is -0.384. The van der Waals surface area contributed by atoms with E-state index in [2.05, 4.69) is 15.4 Å². The van der Waals surface area contributed by atoms with Crippen molar-refractivity contribution in [1.82, 2.24) is 14.6 Å². The number of nitro benzene ring substituents is 1. The van der Waals surface area contributed by atoms with E-state index >= 15 is 0 Å². The van der Waals surface area contributed by atoms with Crippen molar-refractivity contribution in [3.8, 4) is 0 Å². The highest BCUT2D eigenvalue weighted by Gasteiger charge is 2.36. The molecular weight excluding hydrogens is 427 g/mol. The van der Waals surface area contributed by atoms with E-state index in [0.717, 1.165) is 24.3 Å². The molecule has 1 amide bonds. The number of alkyl halides is 3. The van der Waals surface area contributed by atoms with Gasteiger partial charge in [-0.3, -0.25) is 14.9 Å². The van der Waals surface area contributed by atoms with Gasteiger partial charge in [-0.1, -0.05) is 32.4 Å². The van der Waals surface area contributed by atoms with E-state index in [4.69, 9.17) is 11.6 Å². The summed E-state index contributed by atoms with van der Waals surface area (Å²) in [5.74, 6) is -0.895. The van der Waals surface area contributed by atoms with Crippen molar-refractivity contribution in [2.45, 2.75) is 32.4 Å². The molecule has 3 rings (SSSR count). The summed E-state index contributed by atoms with van der Waals surface area (Å²) >= 11 is 5.94. The zero-order valence-corrected chi connectivity index (χ0v) is 16.7. The van der Waals surface area contributed by atoms with E-state index in [-0.39, 0.29) is 33.4 Å². The molecule has 0 bridgehead atoms. The lowest BCUT2D eigenvalue weighted by Gasteiger charge is -2.19. The van der Waals surface area contributed by atoms with E-state index in [1.165, 1.54) is 6.07 Å². The lowest BCUT2D eigenvalue weighted by Crippen LogP contribution is -2.20. The van der Waals surface area contributed by atoms with Crippen LogP contribution in [0.1, 0.15) is 42.6 Å². The Labute approximate surface area is 172 Å². The summed E-state index contributed by atoms with van der Waals surface area (Å²) in [6.07, 6.45) is -4.73. The molecule has 1 aromatic carbocycles. The molecule has 0 unspecified atom stereocenters. The maximum atomic E-state index is 13.5. The van der Waals surface area contributed by atoms with Gasteiger partial charge in [0.1, 0.15) is 5.69 Å². The Morgan fingerprint density at radius 2 is 1.87 bits per heavy atom. The first-order valence-corrected chi connectivity index (χ1v) is 8.89. The number of carbonyl (C=O) groups excluding carboxylic acids is 1. The predicted molar refractivity (Wildman–Crippen MR) is 103 cm³/mol. The van der Waals surface area contributed by atoms with Gasteiger partial charge in [0.15, 0.2) is 11.3 Å². The van der Waals surface area contributed by atoms with Crippen LogP contribution in [-0.2, 0) is 11.6 Å². The van der Waals surface area contributed by atoms with Crippen LogP contribution in [0.25, 0.3) is 5.65 Å². The van der Waals surface area contributed by atoms with Crippen molar-refractivity contribution in [2.24, 2.45) is 0 Å².